The fourth-order valence-corrected chi connectivity index (χ4v) is 2.45. The number of hydrogen-bond donors (Lipinski definition) is 3. The summed E-state index contributed by atoms with van der Waals surface area (Å²) >= 11 is 0. The molecule has 1 unspecified atom stereocenters. The van der Waals surface area contributed by atoms with Crippen molar-refractivity contribution in [3.63, 3.8) is 0 Å². The second-order valence-corrected chi connectivity index (χ2v) is 5.70. The molecular formula is C15H16N6O3. The predicted octanol–water partition coefficient (Wildman–Crippen LogP) is 0.680. The summed E-state index contributed by atoms with van der Waals surface area (Å²) in [6, 6.07) is 4.82. The Kier molecular flexibility index (Phi) is 3.76. The Labute approximate surface area is 137 Å². The van der Waals surface area contributed by atoms with E-state index in [4.69, 9.17) is 10.3 Å². The van der Waals surface area contributed by atoms with Gasteiger partial charge in [-0.05, 0) is 26.0 Å². The molecular weight excluding hydrogens is 312 g/mol. The highest BCUT2D eigenvalue weighted by Crippen LogP contribution is 2.30. The summed E-state index contributed by atoms with van der Waals surface area (Å²) in [4.78, 5) is 32.4. The maximum atomic E-state index is 12.1. The quantitative estimate of drug-likeness (QED) is 0.758. The first-order valence-corrected chi connectivity index (χ1v) is 7.22. The van der Waals surface area contributed by atoms with Gasteiger partial charge in [0.1, 0.15) is 11.3 Å². The Bertz CT molecular complexity index is 843. The van der Waals surface area contributed by atoms with E-state index in [1.165, 1.54) is 12.3 Å². The lowest BCUT2D eigenvalue weighted by atomic mass is 9.92. The van der Waals surface area contributed by atoms with Gasteiger partial charge in [0.05, 0.1) is 12.1 Å². The van der Waals surface area contributed by atoms with Crippen molar-refractivity contribution in [2.75, 3.05) is 5.32 Å². The van der Waals surface area contributed by atoms with Crippen molar-refractivity contribution < 1.29 is 14.1 Å². The maximum Gasteiger partial charge on any atom is 0.277 e. The fraction of sp³-hybridized carbons (Fsp3) is 0.267. The van der Waals surface area contributed by atoms with Gasteiger partial charge in [0.25, 0.3) is 5.91 Å². The van der Waals surface area contributed by atoms with Gasteiger partial charge in [-0.1, -0.05) is 5.16 Å². The summed E-state index contributed by atoms with van der Waals surface area (Å²) in [5.41, 5.74) is 5.95. The van der Waals surface area contributed by atoms with E-state index in [1.54, 1.807) is 26.0 Å². The predicted molar refractivity (Wildman–Crippen MR) is 85.2 cm³/mol. The molecule has 4 N–H and O–H groups in total. The highest BCUT2D eigenvalue weighted by molar-refractivity contribution is 6.03. The van der Waals surface area contributed by atoms with Crippen LogP contribution in [-0.4, -0.2) is 27.9 Å². The lowest BCUT2D eigenvalue weighted by molar-refractivity contribution is -0.121. The number of nitrogens with zero attached hydrogens (tertiary/aromatic N) is 3. The number of aliphatic imine (C=N–C) groups is 1. The molecule has 0 aliphatic carbocycles. The lowest BCUT2D eigenvalue weighted by Gasteiger charge is -2.28. The molecule has 1 atom stereocenters. The third-order valence-corrected chi connectivity index (χ3v) is 3.57. The van der Waals surface area contributed by atoms with Crippen LogP contribution >= 0.6 is 0 Å². The number of guanidine groups is 1. The molecule has 3 heterocycles. The summed E-state index contributed by atoms with van der Waals surface area (Å²) in [6.07, 6.45) is 1.64. The van der Waals surface area contributed by atoms with E-state index >= 15 is 0 Å². The van der Waals surface area contributed by atoms with Gasteiger partial charge in [-0.15, -0.1) is 0 Å². The van der Waals surface area contributed by atoms with E-state index in [0.717, 1.165) is 0 Å². The third kappa shape index (κ3) is 3.09. The highest BCUT2D eigenvalue weighted by atomic mass is 16.5. The molecule has 124 valence electrons. The average molecular weight is 328 g/mol. The van der Waals surface area contributed by atoms with Gasteiger partial charge in [-0.2, -0.15) is 0 Å². The van der Waals surface area contributed by atoms with Crippen molar-refractivity contribution in [1.82, 2.24) is 15.5 Å². The summed E-state index contributed by atoms with van der Waals surface area (Å²) in [6.45, 7) is 3.46. The van der Waals surface area contributed by atoms with Gasteiger partial charge >= 0.3 is 0 Å². The third-order valence-electron chi connectivity index (χ3n) is 3.57. The van der Waals surface area contributed by atoms with Gasteiger partial charge in [0, 0.05) is 18.0 Å². The minimum absolute atomic E-state index is 0.0445. The van der Waals surface area contributed by atoms with E-state index in [2.05, 4.69) is 25.8 Å². The summed E-state index contributed by atoms with van der Waals surface area (Å²) in [5.74, 6) is -0.0537. The molecule has 0 saturated carbocycles. The standard InChI is InChI=1S/C15H16N6O3/c1-8-5-10(21-24-8)13(23)18-9-3-4-17-11(6-9)15(2)7-12(22)19-14(16)20-15/h3-6H,7H2,1-2H3,(H,17,18,23)(H3,16,19,20,22). The largest absolute Gasteiger partial charge is 0.370 e. The van der Waals surface area contributed by atoms with E-state index in [-0.39, 0.29) is 24.0 Å². The number of carbonyl (C=O) groups is 2. The molecule has 2 aromatic heterocycles. The van der Waals surface area contributed by atoms with Crippen LogP contribution in [0, 0.1) is 6.92 Å². The van der Waals surface area contributed by atoms with E-state index in [1.807, 2.05) is 0 Å². The number of nitrogens with one attached hydrogen (secondary N) is 2. The minimum atomic E-state index is -0.891. The second kappa shape index (κ2) is 5.76. The van der Waals surface area contributed by atoms with Crippen LogP contribution in [0.15, 0.2) is 33.9 Å². The van der Waals surface area contributed by atoms with Crippen LogP contribution in [0.4, 0.5) is 5.69 Å². The van der Waals surface area contributed by atoms with Crippen LogP contribution in [0.3, 0.4) is 0 Å². The number of aromatic nitrogens is 2. The molecule has 0 spiro atoms. The zero-order valence-electron chi connectivity index (χ0n) is 13.2. The van der Waals surface area contributed by atoms with E-state index in [0.29, 0.717) is 17.1 Å². The van der Waals surface area contributed by atoms with Crippen LogP contribution in [0.25, 0.3) is 0 Å². The van der Waals surface area contributed by atoms with Crippen molar-refractivity contribution in [2.24, 2.45) is 10.7 Å². The van der Waals surface area contributed by atoms with Gasteiger partial charge in [-0.3, -0.25) is 19.9 Å². The molecule has 2 amide bonds. The Morgan fingerprint density at radius 3 is 2.92 bits per heavy atom. The molecule has 1 aliphatic heterocycles. The molecule has 9 heteroatoms. The second-order valence-electron chi connectivity index (χ2n) is 5.70. The summed E-state index contributed by atoms with van der Waals surface area (Å²) in [5, 5.41) is 8.82. The van der Waals surface area contributed by atoms with Gasteiger partial charge < -0.3 is 15.6 Å². The van der Waals surface area contributed by atoms with Crippen LogP contribution in [-0.2, 0) is 10.3 Å². The minimum Gasteiger partial charge on any atom is -0.370 e. The van der Waals surface area contributed by atoms with Crippen molar-refractivity contribution in [3.8, 4) is 0 Å². The van der Waals surface area contributed by atoms with Crippen LogP contribution in [0.1, 0.15) is 35.3 Å². The first-order valence-electron chi connectivity index (χ1n) is 7.22. The first kappa shape index (κ1) is 15.7. The molecule has 2 aromatic rings. The van der Waals surface area contributed by atoms with Crippen molar-refractivity contribution in [2.45, 2.75) is 25.8 Å². The average Bonchev–Trinajstić information content (AvgIpc) is 2.93. The zero-order valence-corrected chi connectivity index (χ0v) is 13.2. The monoisotopic (exact) mass is 328 g/mol. The maximum absolute atomic E-state index is 12.1. The lowest BCUT2D eigenvalue weighted by Crippen LogP contribution is -2.46. The molecule has 0 aromatic carbocycles. The van der Waals surface area contributed by atoms with E-state index < -0.39 is 11.4 Å². The number of aryl methyl sites for hydroxylation is 1. The summed E-state index contributed by atoms with van der Waals surface area (Å²) < 4.78 is 4.88. The number of nitrogens with two attached hydrogens (primary N) is 1. The van der Waals surface area contributed by atoms with Gasteiger partial charge in [0.15, 0.2) is 11.7 Å². The molecule has 0 radical (unpaired) electrons. The molecule has 9 nitrogen and oxygen atoms in total. The Morgan fingerprint density at radius 1 is 1.46 bits per heavy atom. The molecule has 3 rings (SSSR count). The molecule has 24 heavy (non-hydrogen) atoms. The first-order chi connectivity index (χ1) is 11.4. The van der Waals surface area contributed by atoms with Gasteiger partial charge in [-0.25, -0.2) is 4.99 Å². The molecule has 0 bridgehead atoms. The van der Waals surface area contributed by atoms with Crippen molar-refractivity contribution >= 4 is 23.5 Å². The summed E-state index contributed by atoms with van der Waals surface area (Å²) in [7, 11) is 0. The number of amides is 2. The number of hydrogen-bond acceptors (Lipinski definition) is 7. The number of carbonyl (C=O) groups excluding carboxylic acids is 2. The Hall–Kier alpha value is -3.23. The SMILES string of the molecule is Cc1cc(C(=O)Nc2ccnc(C3(C)CC(=O)NC(N)=N3)c2)no1. The highest BCUT2D eigenvalue weighted by Gasteiger charge is 2.34. The van der Waals surface area contributed by atoms with Crippen molar-refractivity contribution in [3.05, 3.63) is 41.5 Å². The Morgan fingerprint density at radius 2 is 2.25 bits per heavy atom. The van der Waals surface area contributed by atoms with Gasteiger partial charge in [0.2, 0.25) is 5.91 Å². The van der Waals surface area contributed by atoms with Crippen LogP contribution in [0.2, 0.25) is 0 Å². The fourth-order valence-electron chi connectivity index (χ4n) is 2.45. The number of pyridine rings is 1. The molecule has 0 saturated heterocycles. The number of anilines is 1. The van der Waals surface area contributed by atoms with Crippen LogP contribution in [0.5, 0.6) is 0 Å². The Balaban J connectivity index is 1.85. The molecule has 1 aliphatic rings. The van der Waals surface area contributed by atoms with Crippen molar-refractivity contribution in [1.29, 1.82) is 0 Å². The van der Waals surface area contributed by atoms with E-state index in [9.17, 15) is 9.59 Å². The van der Waals surface area contributed by atoms with Crippen LogP contribution < -0.4 is 16.4 Å². The smallest absolute Gasteiger partial charge is 0.277 e. The topological polar surface area (TPSA) is 136 Å². The molecule has 0 fully saturated rings. The zero-order chi connectivity index (χ0) is 17.3. The number of rotatable bonds is 3. The normalized spacial score (nSPS) is 20.2.